The Hall–Kier alpha value is -3.10. The van der Waals surface area contributed by atoms with Gasteiger partial charge in [0.2, 0.25) is 0 Å². The molecule has 9 heteroatoms. The van der Waals surface area contributed by atoms with E-state index in [2.05, 4.69) is 15.5 Å². The highest BCUT2D eigenvalue weighted by atomic mass is 35.5. The van der Waals surface area contributed by atoms with E-state index in [0.29, 0.717) is 46.0 Å². The van der Waals surface area contributed by atoms with Crippen molar-refractivity contribution in [3.8, 4) is 16.9 Å². The molecule has 0 aliphatic carbocycles. The zero-order chi connectivity index (χ0) is 22.7. The number of hydrogen-bond acceptors (Lipinski definition) is 5. The van der Waals surface area contributed by atoms with Crippen LogP contribution in [0.4, 0.5) is 13.2 Å². The standard InChI is InChI=1S/C24H17ClF3N3O2/c25-14-7-12-8-21(23-18-11-29-5-4-19(18)31-33-23)32-22(12)17(10-14)15-3-6-30-20-9-13(24(26,27)28)1-2-16(15)20/h1-3,6-7,9-10,21,29H,4-5,8,11H2. The van der Waals surface area contributed by atoms with Crippen LogP contribution in [0.15, 0.2) is 47.1 Å². The molecule has 1 atom stereocenters. The van der Waals surface area contributed by atoms with Gasteiger partial charge in [-0.15, -0.1) is 0 Å². The average Bonchev–Trinajstić information content (AvgIpc) is 3.41. The summed E-state index contributed by atoms with van der Waals surface area (Å²) in [5, 5.41) is 8.65. The first kappa shape index (κ1) is 20.5. The molecule has 0 saturated carbocycles. The number of nitrogens with one attached hydrogen (secondary N) is 1. The quantitative estimate of drug-likeness (QED) is 0.395. The van der Waals surface area contributed by atoms with Gasteiger partial charge in [0.1, 0.15) is 5.75 Å². The van der Waals surface area contributed by atoms with Gasteiger partial charge in [0.15, 0.2) is 11.9 Å². The minimum absolute atomic E-state index is 0.251. The number of rotatable bonds is 2. The summed E-state index contributed by atoms with van der Waals surface area (Å²) in [5.41, 5.74) is 3.81. The Morgan fingerprint density at radius 1 is 1.09 bits per heavy atom. The molecule has 0 spiro atoms. The molecule has 5 nitrogen and oxygen atoms in total. The van der Waals surface area contributed by atoms with Gasteiger partial charge in [0.05, 0.1) is 16.8 Å². The average molecular weight is 472 g/mol. The minimum Gasteiger partial charge on any atom is -0.481 e. The van der Waals surface area contributed by atoms with Gasteiger partial charge in [-0.2, -0.15) is 13.2 Å². The van der Waals surface area contributed by atoms with Crippen molar-refractivity contribution in [2.45, 2.75) is 31.7 Å². The Morgan fingerprint density at radius 2 is 1.97 bits per heavy atom. The van der Waals surface area contributed by atoms with Crippen LogP contribution in [0.3, 0.4) is 0 Å². The number of ether oxygens (including phenoxy) is 1. The highest BCUT2D eigenvalue weighted by Crippen LogP contribution is 2.47. The van der Waals surface area contributed by atoms with Crippen molar-refractivity contribution in [2.75, 3.05) is 6.54 Å². The number of benzene rings is 2. The van der Waals surface area contributed by atoms with Crippen molar-refractivity contribution < 1.29 is 22.4 Å². The first-order chi connectivity index (χ1) is 15.9. The van der Waals surface area contributed by atoms with E-state index >= 15 is 0 Å². The van der Waals surface area contributed by atoms with Crippen molar-refractivity contribution in [3.63, 3.8) is 0 Å². The van der Waals surface area contributed by atoms with Gasteiger partial charge in [-0.25, -0.2) is 0 Å². The van der Waals surface area contributed by atoms with Crippen LogP contribution in [-0.4, -0.2) is 16.7 Å². The first-order valence-corrected chi connectivity index (χ1v) is 10.9. The van der Waals surface area contributed by atoms with Crippen LogP contribution >= 0.6 is 11.6 Å². The molecule has 0 radical (unpaired) electrons. The topological polar surface area (TPSA) is 60.2 Å². The summed E-state index contributed by atoms with van der Waals surface area (Å²) >= 11 is 6.44. The van der Waals surface area contributed by atoms with E-state index < -0.39 is 11.7 Å². The summed E-state index contributed by atoms with van der Waals surface area (Å²) in [7, 11) is 0. The second kappa shape index (κ2) is 7.46. The highest BCUT2D eigenvalue weighted by Gasteiger charge is 2.35. The van der Waals surface area contributed by atoms with Gasteiger partial charge in [0, 0.05) is 59.2 Å². The Kier molecular flexibility index (Phi) is 4.64. The van der Waals surface area contributed by atoms with Gasteiger partial charge < -0.3 is 14.6 Å². The molecule has 0 amide bonds. The van der Waals surface area contributed by atoms with Crippen molar-refractivity contribution in [2.24, 2.45) is 0 Å². The van der Waals surface area contributed by atoms with Crippen LogP contribution in [0.25, 0.3) is 22.0 Å². The van der Waals surface area contributed by atoms with Gasteiger partial charge in [-0.3, -0.25) is 4.98 Å². The molecule has 1 N–H and O–H groups in total. The predicted molar refractivity (Wildman–Crippen MR) is 116 cm³/mol. The molecule has 1 unspecified atom stereocenters. The van der Waals surface area contributed by atoms with Crippen LogP contribution in [-0.2, 0) is 25.6 Å². The molecule has 168 valence electrons. The summed E-state index contributed by atoms with van der Waals surface area (Å²) < 4.78 is 51.6. The summed E-state index contributed by atoms with van der Waals surface area (Å²) in [6, 6.07) is 8.95. The molecule has 4 heterocycles. The number of hydrogen-bond donors (Lipinski definition) is 1. The molecule has 2 aromatic heterocycles. The second-order valence-corrected chi connectivity index (χ2v) is 8.68. The molecule has 2 aliphatic heterocycles. The highest BCUT2D eigenvalue weighted by molar-refractivity contribution is 6.31. The van der Waals surface area contributed by atoms with Gasteiger partial charge in [0.25, 0.3) is 0 Å². The van der Waals surface area contributed by atoms with E-state index in [1.165, 1.54) is 12.3 Å². The molecule has 0 saturated heterocycles. The van der Waals surface area contributed by atoms with E-state index in [9.17, 15) is 13.2 Å². The van der Waals surface area contributed by atoms with Crippen LogP contribution in [0.2, 0.25) is 5.02 Å². The lowest BCUT2D eigenvalue weighted by atomic mass is 9.96. The lowest BCUT2D eigenvalue weighted by molar-refractivity contribution is -0.137. The smallest absolute Gasteiger partial charge is 0.416 e. The Labute approximate surface area is 191 Å². The fourth-order valence-electron chi connectivity index (χ4n) is 4.65. The van der Waals surface area contributed by atoms with Crippen molar-refractivity contribution >= 4 is 22.5 Å². The Balaban J connectivity index is 1.44. The number of alkyl halides is 3. The molecule has 2 aromatic carbocycles. The van der Waals surface area contributed by atoms with E-state index in [1.54, 1.807) is 12.1 Å². The zero-order valence-electron chi connectivity index (χ0n) is 17.2. The van der Waals surface area contributed by atoms with Crippen molar-refractivity contribution in [3.05, 3.63) is 75.8 Å². The molecule has 4 aromatic rings. The summed E-state index contributed by atoms with van der Waals surface area (Å²) in [5.74, 6) is 1.34. The third-order valence-corrected chi connectivity index (χ3v) is 6.41. The molecular weight excluding hydrogens is 455 g/mol. The molecular formula is C24H17ClF3N3O2. The van der Waals surface area contributed by atoms with E-state index in [0.717, 1.165) is 41.9 Å². The van der Waals surface area contributed by atoms with E-state index in [1.807, 2.05) is 6.07 Å². The summed E-state index contributed by atoms with van der Waals surface area (Å²) in [6.45, 7) is 1.53. The number of aromatic nitrogens is 2. The van der Waals surface area contributed by atoms with Crippen molar-refractivity contribution in [1.29, 1.82) is 0 Å². The molecule has 6 rings (SSSR count). The molecule has 0 fully saturated rings. The number of pyridine rings is 1. The van der Waals surface area contributed by atoms with Gasteiger partial charge in [-0.1, -0.05) is 22.8 Å². The SMILES string of the molecule is FC(F)(F)c1ccc2c(-c3cc(Cl)cc4c3OC(c3onc5c3CNCC5)C4)ccnc2c1. The number of nitrogens with zero attached hydrogens (tertiary/aromatic N) is 2. The van der Waals surface area contributed by atoms with Crippen LogP contribution in [0, 0.1) is 0 Å². The zero-order valence-corrected chi connectivity index (χ0v) is 17.9. The normalized spacial score (nSPS) is 17.6. The molecule has 33 heavy (non-hydrogen) atoms. The first-order valence-electron chi connectivity index (χ1n) is 10.5. The Morgan fingerprint density at radius 3 is 2.82 bits per heavy atom. The van der Waals surface area contributed by atoms with Crippen molar-refractivity contribution in [1.82, 2.24) is 15.5 Å². The fraction of sp³-hybridized carbons (Fsp3) is 0.250. The van der Waals surface area contributed by atoms with Crippen LogP contribution in [0.5, 0.6) is 5.75 Å². The third-order valence-electron chi connectivity index (χ3n) is 6.19. The number of fused-ring (bicyclic) bond motifs is 3. The summed E-state index contributed by atoms with van der Waals surface area (Å²) in [6.07, 6.45) is -1.93. The maximum absolute atomic E-state index is 13.2. The van der Waals surface area contributed by atoms with Gasteiger partial charge >= 0.3 is 6.18 Å². The van der Waals surface area contributed by atoms with Gasteiger partial charge in [-0.05, 0) is 35.9 Å². The molecule has 0 bridgehead atoms. The summed E-state index contributed by atoms with van der Waals surface area (Å²) in [4.78, 5) is 4.16. The Bertz CT molecular complexity index is 1400. The number of halogens is 4. The van der Waals surface area contributed by atoms with Crippen LogP contribution in [0.1, 0.15) is 34.2 Å². The second-order valence-electron chi connectivity index (χ2n) is 8.24. The fourth-order valence-corrected chi connectivity index (χ4v) is 4.89. The van der Waals surface area contributed by atoms with Crippen LogP contribution < -0.4 is 10.1 Å². The lowest BCUT2D eigenvalue weighted by Gasteiger charge is -2.15. The third kappa shape index (κ3) is 3.45. The lowest BCUT2D eigenvalue weighted by Crippen LogP contribution is -2.24. The largest absolute Gasteiger partial charge is 0.481 e. The van der Waals surface area contributed by atoms with E-state index in [-0.39, 0.29) is 11.6 Å². The molecule has 2 aliphatic rings. The maximum Gasteiger partial charge on any atom is 0.416 e. The predicted octanol–water partition coefficient (Wildman–Crippen LogP) is 5.88. The van der Waals surface area contributed by atoms with E-state index in [4.69, 9.17) is 20.9 Å². The monoisotopic (exact) mass is 471 g/mol. The maximum atomic E-state index is 13.2. The minimum atomic E-state index is -4.44.